The molecule has 1 N–H and O–H groups in total. The molecule has 0 radical (unpaired) electrons. The van der Waals surface area contributed by atoms with E-state index < -0.39 is 11.9 Å². The van der Waals surface area contributed by atoms with Gasteiger partial charge in [-0.2, -0.15) is 5.10 Å². The number of halogens is 1. The normalized spacial score (nSPS) is 16.9. The fourth-order valence-electron chi connectivity index (χ4n) is 2.33. The molecule has 2 heterocycles. The summed E-state index contributed by atoms with van der Waals surface area (Å²) in [5.74, 6) is -0.474. The van der Waals surface area contributed by atoms with Crippen molar-refractivity contribution in [2.75, 3.05) is 13.1 Å². The summed E-state index contributed by atoms with van der Waals surface area (Å²) in [6.07, 6.45) is 4.76. The standard InChI is InChI=1S/C13H19ClN4O2/c1-9(13(20)18-6-4-3-5-7-18)15-12(19)11-10(14)8-17(2)16-11/h8-9H,3-7H2,1-2H3,(H,15,19). The monoisotopic (exact) mass is 298 g/mol. The summed E-state index contributed by atoms with van der Waals surface area (Å²) in [7, 11) is 1.69. The van der Waals surface area contributed by atoms with Gasteiger partial charge in [0.05, 0.1) is 5.02 Å². The molecule has 2 amide bonds. The highest BCUT2D eigenvalue weighted by Gasteiger charge is 2.25. The Labute approximate surface area is 123 Å². The van der Waals surface area contributed by atoms with Gasteiger partial charge in [-0.25, -0.2) is 0 Å². The van der Waals surface area contributed by atoms with Crippen molar-refractivity contribution in [3.63, 3.8) is 0 Å². The molecule has 0 aliphatic carbocycles. The molecule has 0 saturated carbocycles. The number of nitrogens with zero attached hydrogens (tertiary/aromatic N) is 3. The van der Waals surface area contributed by atoms with Crippen LogP contribution in [0.15, 0.2) is 6.20 Å². The van der Waals surface area contributed by atoms with Gasteiger partial charge in [-0.1, -0.05) is 11.6 Å². The van der Waals surface area contributed by atoms with Gasteiger partial charge in [0.2, 0.25) is 5.91 Å². The zero-order chi connectivity index (χ0) is 14.7. The van der Waals surface area contributed by atoms with E-state index in [0.717, 1.165) is 32.4 Å². The number of carbonyl (C=O) groups excluding carboxylic acids is 2. The van der Waals surface area contributed by atoms with Crippen molar-refractivity contribution in [1.82, 2.24) is 20.0 Å². The molecule has 2 rings (SSSR count). The van der Waals surface area contributed by atoms with Crippen LogP contribution in [0.3, 0.4) is 0 Å². The molecule has 1 aromatic heterocycles. The van der Waals surface area contributed by atoms with Crippen molar-refractivity contribution >= 4 is 23.4 Å². The Morgan fingerprint density at radius 3 is 2.55 bits per heavy atom. The lowest BCUT2D eigenvalue weighted by Crippen LogP contribution is -2.48. The number of rotatable bonds is 3. The number of aromatic nitrogens is 2. The van der Waals surface area contributed by atoms with Gasteiger partial charge < -0.3 is 10.2 Å². The fraction of sp³-hybridized carbons (Fsp3) is 0.615. The van der Waals surface area contributed by atoms with Gasteiger partial charge in [0.1, 0.15) is 6.04 Å². The van der Waals surface area contributed by atoms with Crippen LogP contribution in [0.1, 0.15) is 36.7 Å². The maximum absolute atomic E-state index is 12.2. The number of nitrogens with one attached hydrogen (secondary N) is 1. The molecule has 1 fully saturated rings. The first-order chi connectivity index (χ1) is 9.49. The van der Waals surface area contributed by atoms with Crippen molar-refractivity contribution in [1.29, 1.82) is 0 Å². The van der Waals surface area contributed by atoms with Crippen molar-refractivity contribution in [3.05, 3.63) is 16.9 Å². The summed E-state index contributed by atoms with van der Waals surface area (Å²) < 4.78 is 1.47. The van der Waals surface area contributed by atoms with E-state index in [-0.39, 0.29) is 16.6 Å². The van der Waals surface area contributed by atoms with E-state index >= 15 is 0 Å². The van der Waals surface area contributed by atoms with Crippen molar-refractivity contribution in [2.45, 2.75) is 32.2 Å². The highest BCUT2D eigenvalue weighted by atomic mass is 35.5. The predicted molar refractivity (Wildman–Crippen MR) is 75.6 cm³/mol. The fourth-order valence-corrected chi connectivity index (χ4v) is 2.59. The van der Waals surface area contributed by atoms with Crippen LogP contribution in [0, 0.1) is 0 Å². The number of piperidine rings is 1. The molecule has 1 aliphatic rings. The molecule has 0 aromatic carbocycles. The number of hydrogen-bond donors (Lipinski definition) is 1. The quantitative estimate of drug-likeness (QED) is 0.912. The second-order valence-corrected chi connectivity index (χ2v) is 5.49. The van der Waals surface area contributed by atoms with Gasteiger partial charge in [-0.15, -0.1) is 0 Å². The van der Waals surface area contributed by atoms with E-state index in [2.05, 4.69) is 10.4 Å². The van der Waals surface area contributed by atoms with Crippen molar-refractivity contribution in [2.24, 2.45) is 7.05 Å². The smallest absolute Gasteiger partial charge is 0.273 e. The molecule has 0 spiro atoms. The largest absolute Gasteiger partial charge is 0.341 e. The molecule has 1 unspecified atom stereocenters. The van der Waals surface area contributed by atoms with Crippen molar-refractivity contribution in [3.8, 4) is 0 Å². The van der Waals surface area contributed by atoms with Gasteiger partial charge in [0, 0.05) is 26.3 Å². The molecule has 6 nitrogen and oxygen atoms in total. The average molecular weight is 299 g/mol. The van der Waals surface area contributed by atoms with Gasteiger partial charge in [0.15, 0.2) is 5.69 Å². The summed E-state index contributed by atoms with van der Waals surface area (Å²) in [4.78, 5) is 26.0. The van der Waals surface area contributed by atoms with E-state index in [1.807, 2.05) is 0 Å². The number of aryl methyl sites for hydroxylation is 1. The second-order valence-electron chi connectivity index (χ2n) is 5.08. The highest BCUT2D eigenvalue weighted by molar-refractivity contribution is 6.33. The lowest BCUT2D eigenvalue weighted by Gasteiger charge is -2.29. The Hall–Kier alpha value is -1.56. The SMILES string of the molecule is CC(NC(=O)c1nn(C)cc1Cl)C(=O)N1CCCCC1. The molecule has 7 heteroatoms. The van der Waals surface area contributed by atoms with Crippen LogP contribution < -0.4 is 5.32 Å². The molecular weight excluding hydrogens is 280 g/mol. The molecule has 1 aliphatic heterocycles. The third-order valence-corrected chi connectivity index (χ3v) is 3.66. The van der Waals surface area contributed by atoms with Crippen molar-refractivity contribution < 1.29 is 9.59 Å². The van der Waals surface area contributed by atoms with Crippen LogP contribution in [-0.2, 0) is 11.8 Å². The van der Waals surface area contributed by atoms with Crippen LogP contribution in [0.25, 0.3) is 0 Å². The van der Waals surface area contributed by atoms with Gasteiger partial charge >= 0.3 is 0 Å². The minimum Gasteiger partial charge on any atom is -0.341 e. The maximum Gasteiger partial charge on any atom is 0.273 e. The predicted octanol–water partition coefficient (Wildman–Crippen LogP) is 1.20. The third-order valence-electron chi connectivity index (χ3n) is 3.38. The Kier molecular flexibility index (Phi) is 4.65. The first-order valence-electron chi connectivity index (χ1n) is 6.78. The minimum absolute atomic E-state index is 0.0508. The summed E-state index contributed by atoms with van der Waals surface area (Å²) in [6, 6.07) is -0.571. The van der Waals surface area contributed by atoms with E-state index in [4.69, 9.17) is 11.6 Å². The zero-order valence-electron chi connectivity index (χ0n) is 11.7. The molecule has 110 valence electrons. The maximum atomic E-state index is 12.2. The molecular formula is C13H19ClN4O2. The highest BCUT2D eigenvalue weighted by Crippen LogP contribution is 2.14. The van der Waals surface area contributed by atoms with Gasteiger partial charge in [-0.05, 0) is 26.2 Å². The van der Waals surface area contributed by atoms with E-state index in [1.165, 1.54) is 4.68 Å². The first-order valence-corrected chi connectivity index (χ1v) is 7.15. The van der Waals surface area contributed by atoms with Crippen LogP contribution in [0.5, 0.6) is 0 Å². The van der Waals surface area contributed by atoms with Crippen LogP contribution in [0.2, 0.25) is 5.02 Å². The number of amides is 2. The van der Waals surface area contributed by atoms with E-state index in [1.54, 1.807) is 25.1 Å². The molecule has 1 saturated heterocycles. The van der Waals surface area contributed by atoms with Crippen LogP contribution >= 0.6 is 11.6 Å². The number of hydrogen-bond acceptors (Lipinski definition) is 3. The number of likely N-dealkylation sites (tertiary alicyclic amines) is 1. The topological polar surface area (TPSA) is 67.2 Å². The zero-order valence-corrected chi connectivity index (χ0v) is 12.5. The average Bonchev–Trinajstić information content (AvgIpc) is 2.78. The Bertz CT molecular complexity index is 508. The number of carbonyl (C=O) groups is 2. The lowest BCUT2D eigenvalue weighted by molar-refractivity contribution is -0.133. The van der Waals surface area contributed by atoms with Gasteiger partial charge in [0.25, 0.3) is 5.91 Å². The summed E-state index contributed by atoms with van der Waals surface area (Å²) in [5, 5.41) is 6.92. The summed E-state index contributed by atoms with van der Waals surface area (Å²) >= 11 is 5.91. The molecule has 1 atom stereocenters. The minimum atomic E-state index is -0.571. The van der Waals surface area contributed by atoms with Gasteiger partial charge in [-0.3, -0.25) is 14.3 Å². The Morgan fingerprint density at radius 1 is 1.35 bits per heavy atom. The Morgan fingerprint density at radius 2 is 2.00 bits per heavy atom. The lowest BCUT2D eigenvalue weighted by atomic mass is 10.1. The molecule has 20 heavy (non-hydrogen) atoms. The van der Waals surface area contributed by atoms with E-state index in [0.29, 0.717) is 0 Å². The molecule has 1 aromatic rings. The molecule has 0 bridgehead atoms. The second kappa shape index (κ2) is 6.26. The van der Waals surface area contributed by atoms with Crippen LogP contribution in [-0.4, -0.2) is 45.6 Å². The summed E-state index contributed by atoms with van der Waals surface area (Å²) in [6.45, 7) is 3.22. The first kappa shape index (κ1) is 14.8. The third kappa shape index (κ3) is 3.30. The van der Waals surface area contributed by atoms with E-state index in [9.17, 15) is 9.59 Å². The van der Waals surface area contributed by atoms with Crippen LogP contribution in [0.4, 0.5) is 0 Å². The Balaban J connectivity index is 1.96. The summed E-state index contributed by atoms with van der Waals surface area (Å²) in [5.41, 5.74) is 0.146.